The van der Waals surface area contributed by atoms with E-state index in [2.05, 4.69) is 24.3 Å². The molecule has 0 bridgehead atoms. The number of ether oxygens (including phenoxy) is 2. The minimum absolute atomic E-state index is 0.0877. The molecule has 0 saturated carbocycles. The van der Waals surface area contributed by atoms with E-state index in [1.165, 1.54) is 11.1 Å². The third-order valence-electron chi connectivity index (χ3n) is 3.93. The van der Waals surface area contributed by atoms with E-state index in [4.69, 9.17) is 15.2 Å². The average Bonchev–Trinajstić information content (AvgIpc) is 2.42. The van der Waals surface area contributed by atoms with Crippen LogP contribution in [0.25, 0.3) is 0 Å². The number of methoxy groups -OCH3 is 1. The monoisotopic (exact) mass is 263 g/mol. The van der Waals surface area contributed by atoms with Crippen LogP contribution < -0.4 is 5.73 Å². The molecule has 0 aliphatic heterocycles. The maximum Gasteiger partial charge on any atom is 0.0487 e. The average molecular weight is 263 g/mol. The molecule has 0 amide bonds. The van der Waals surface area contributed by atoms with Crippen molar-refractivity contribution in [2.75, 3.05) is 26.9 Å². The van der Waals surface area contributed by atoms with Crippen molar-refractivity contribution in [2.24, 2.45) is 5.73 Å². The van der Waals surface area contributed by atoms with Crippen LogP contribution in [0.15, 0.2) is 24.3 Å². The SMILES string of the molecule is COCCCOCCC1(N)CCc2ccccc2C1. The lowest BCUT2D eigenvalue weighted by Crippen LogP contribution is -2.46. The highest BCUT2D eigenvalue weighted by Crippen LogP contribution is 2.29. The van der Waals surface area contributed by atoms with Gasteiger partial charge in [-0.3, -0.25) is 0 Å². The van der Waals surface area contributed by atoms with Gasteiger partial charge in [-0.1, -0.05) is 24.3 Å². The van der Waals surface area contributed by atoms with Gasteiger partial charge in [0, 0.05) is 32.5 Å². The van der Waals surface area contributed by atoms with Gasteiger partial charge in [-0.2, -0.15) is 0 Å². The fraction of sp³-hybridized carbons (Fsp3) is 0.625. The van der Waals surface area contributed by atoms with Gasteiger partial charge in [0.1, 0.15) is 0 Å². The summed E-state index contributed by atoms with van der Waals surface area (Å²) in [6, 6.07) is 8.64. The number of aryl methyl sites for hydroxylation is 1. The zero-order valence-corrected chi connectivity index (χ0v) is 11.9. The molecular formula is C16H25NO2. The number of benzene rings is 1. The van der Waals surface area contributed by atoms with Crippen LogP contribution >= 0.6 is 0 Å². The molecule has 2 rings (SSSR count). The van der Waals surface area contributed by atoms with Crippen molar-refractivity contribution < 1.29 is 9.47 Å². The predicted octanol–water partition coefficient (Wildman–Crippen LogP) is 2.32. The quantitative estimate of drug-likeness (QED) is 0.768. The van der Waals surface area contributed by atoms with E-state index in [-0.39, 0.29) is 5.54 Å². The van der Waals surface area contributed by atoms with Gasteiger partial charge in [0.05, 0.1) is 0 Å². The van der Waals surface area contributed by atoms with Gasteiger partial charge >= 0.3 is 0 Å². The number of rotatable bonds is 7. The van der Waals surface area contributed by atoms with Crippen LogP contribution in [0, 0.1) is 0 Å². The minimum Gasteiger partial charge on any atom is -0.385 e. The number of nitrogens with two attached hydrogens (primary N) is 1. The molecule has 3 heteroatoms. The fourth-order valence-corrected chi connectivity index (χ4v) is 2.72. The van der Waals surface area contributed by atoms with Crippen LogP contribution in [-0.2, 0) is 22.3 Å². The van der Waals surface area contributed by atoms with Gasteiger partial charge in [0.25, 0.3) is 0 Å². The van der Waals surface area contributed by atoms with Crippen LogP contribution in [0.2, 0.25) is 0 Å². The Bertz CT molecular complexity index is 394. The molecule has 0 saturated heterocycles. The third-order valence-corrected chi connectivity index (χ3v) is 3.93. The zero-order chi connectivity index (χ0) is 13.6. The number of hydrogen-bond donors (Lipinski definition) is 1. The van der Waals surface area contributed by atoms with Gasteiger partial charge in [0.15, 0.2) is 0 Å². The Morgan fingerprint density at radius 3 is 2.74 bits per heavy atom. The topological polar surface area (TPSA) is 44.5 Å². The highest BCUT2D eigenvalue weighted by atomic mass is 16.5. The van der Waals surface area contributed by atoms with Crippen molar-refractivity contribution in [3.63, 3.8) is 0 Å². The lowest BCUT2D eigenvalue weighted by atomic mass is 9.77. The Kier molecular flexibility index (Phi) is 5.37. The van der Waals surface area contributed by atoms with E-state index in [0.29, 0.717) is 0 Å². The summed E-state index contributed by atoms with van der Waals surface area (Å²) in [5.41, 5.74) is 9.30. The fourth-order valence-electron chi connectivity index (χ4n) is 2.72. The molecule has 0 radical (unpaired) electrons. The van der Waals surface area contributed by atoms with Gasteiger partial charge in [0.2, 0.25) is 0 Å². The van der Waals surface area contributed by atoms with Crippen molar-refractivity contribution >= 4 is 0 Å². The highest BCUT2D eigenvalue weighted by Gasteiger charge is 2.29. The minimum atomic E-state index is -0.0877. The summed E-state index contributed by atoms with van der Waals surface area (Å²) in [6.07, 6.45) is 5.03. The molecule has 1 aliphatic rings. The van der Waals surface area contributed by atoms with E-state index >= 15 is 0 Å². The summed E-state index contributed by atoms with van der Waals surface area (Å²) in [7, 11) is 1.72. The summed E-state index contributed by atoms with van der Waals surface area (Å²) in [6.45, 7) is 2.28. The van der Waals surface area contributed by atoms with Crippen LogP contribution in [-0.4, -0.2) is 32.5 Å². The summed E-state index contributed by atoms with van der Waals surface area (Å²) in [5.74, 6) is 0. The molecule has 0 heterocycles. The van der Waals surface area contributed by atoms with Crippen LogP contribution in [0.4, 0.5) is 0 Å². The van der Waals surface area contributed by atoms with Crippen molar-refractivity contribution in [2.45, 2.75) is 37.6 Å². The molecule has 1 unspecified atom stereocenters. The Morgan fingerprint density at radius 2 is 1.95 bits per heavy atom. The first-order chi connectivity index (χ1) is 9.23. The van der Waals surface area contributed by atoms with E-state index in [1.54, 1.807) is 7.11 Å². The second-order valence-corrected chi connectivity index (χ2v) is 5.52. The molecular weight excluding hydrogens is 238 g/mol. The maximum absolute atomic E-state index is 6.51. The lowest BCUT2D eigenvalue weighted by Gasteiger charge is -2.34. The van der Waals surface area contributed by atoms with Crippen molar-refractivity contribution in [3.8, 4) is 0 Å². The molecule has 0 aromatic heterocycles. The van der Waals surface area contributed by atoms with Crippen LogP contribution in [0.1, 0.15) is 30.4 Å². The van der Waals surface area contributed by atoms with Gasteiger partial charge < -0.3 is 15.2 Å². The number of fused-ring (bicyclic) bond motifs is 1. The molecule has 0 fully saturated rings. The second kappa shape index (κ2) is 7.04. The Balaban J connectivity index is 1.75. The summed E-state index contributed by atoms with van der Waals surface area (Å²) in [5, 5.41) is 0. The standard InChI is InChI=1S/C16H25NO2/c1-18-10-4-11-19-12-9-16(17)8-7-14-5-2-3-6-15(14)13-16/h2-3,5-6H,4,7-13,17H2,1H3. The molecule has 3 nitrogen and oxygen atoms in total. The van der Waals surface area contributed by atoms with Crippen LogP contribution in [0.5, 0.6) is 0 Å². The Morgan fingerprint density at radius 1 is 1.16 bits per heavy atom. The molecule has 1 aliphatic carbocycles. The third kappa shape index (κ3) is 4.30. The molecule has 0 spiro atoms. The van der Waals surface area contributed by atoms with E-state index < -0.39 is 0 Å². The summed E-state index contributed by atoms with van der Waals surface area (Å²) < 4.78 is 10.6. The lowest BCUT2D eigenvalue weighted by molar-refractivity contribution is 0.0881. The van der Waals surface area contributed by atoms with E-state index in [0.717, 1.165) is 51.9 Å². The summed E-state index contributed by atoms with van der Waals surface area (Å²) in [4.78, 5) is 0. The maximum atomic E-state index is 6.51. The van der Waals surface area contributed by atoms with Gasteiger partial charge in [-0.25, -0.2) is 0 Å². The highest BCUT2D eigenvalue weighted by molar-refractivity contribution is 5.32. The normalized spacial score (nSPS) is 22.2. The van der Waals surface area contributed by atoms with Crippen LogP contribution in [0.3, 0.4) is 0 Å². The Hall–Kier alpha value is -0.900. The molecule has 1 aromatic rings. The number of hydrogen-bond acceptors (Lipinski definition) is 3. The molecule has 2 N–H and O–H groups in total. The van der Waals surface area contributed by atoms with Crippen molar-refractivity contribution in [1.82, 2.24) is 0 Å². The van der Waals surface area contributed by atoms with Crippen molar-refractivity contribution in [1.29, 1.82) is 0 Å². The molecule has 1 aromatic carbocycles. The predicted molar refractivity (Wildman–Crippen MR) is 77.3 cm³/mol. The summed E-state index contributed by atoms with van der Waals surface area (Å²) >= 11 is 0. The molecule has 1 atom stereocenters. The molecule has 19 heavy (non-hydrogen) atoms. The smallest absolute Gasteiger partial charge is 0.0487 e. The Labute approximate surface area is 116 Å². The van der Waals surface area contributed by atoms with Gasteiger partial charge in [-0.15, -0.1) is 0 Å². The van der Waals surface area contributed by atoms with E-state index in [1.807, 2.05) is 0 Å². The second-order valence-electron chi connectivity index (χ2n) is 5.52. The largest absolute Gasteiger partial charge is 0.385 e. The first-order valence-corrected chi connectivity index (χ1v) is 7.16. The molecule has 106 valence electrons. The van der Waals surface area contributed by atoms with Gasteiger partial charge in [-0.05, 0) is 43.2 Å². The van der Waals surface area contributed by atoms with E-state index in [9.17, 15) is 0 Å². The first kappa shape index (κ1) is 14.5. The first-order valence-electron chi connectivity index (χ1n) is 7.16. The zero-order valence-electron chi connectivity index (χ0n) is 11.9. The van der Waals surface area contributed by atoms with Crippen molar-refractivity contribution in [3.05, 3.63) is 35.4 Å².